The molecule has 3 nitrogen and oxygen atoms in total. The van der Waals surface area contributed by atoms with E-state index in [1.807, 2.05) is 0 Å². The Kier molecular flexibility index (Phi) is 4.81. The summed E-state index contributed by atoms with van der Waals surface area (Å²) in [6.07, 6.45) is 2.59. The zero-order valence-corrected chi connectivity index (χ0v) is 12.8. The second kappa shape index (κ2) is 6.38. The van der Waals surface area contributed by atoms with Crippen LogP contribution in [0.5, 0.6) is 0 Å². The Morgan fingerprint density at radius 3 is 2.79 bits per heavy atom. The highest BCUT2D eigenvalue weighted by Gasteiger charge is 2.24. The maximum Gasteiger partial charge on any atom is 0.133 e. The number of hydrogen-bond donors (Lipinski definition) is 1. The number of nitrogens with one attached hydrogen (secondary N) is 1. The molecule has 1 aromatic heterocycles. The van der Waals surface area contributed by atoms with Gasteiger partial charge in [-0.2, -0.15) is 0 Å². The van der Waals surface area contributed by atoms with Gasteiger partial charge in [-0.25, -0.2) is 4.98 Å². The Labute approximate surface area is 117 Å². The number of rotatable bonds is 5. The molecule has 1 unspecified atom stereocenters. The summed E-state index contributed by atoms with van der Waals surface area (Å²) in [6.45, 7) is 13.0. The number of aryl methyl sites for hydroxylation is 2. The van der Waals surface area contributed by atoms with Crippen molar-refractivity contribution >= 4 is 5.82 Å². The number of anilines is 1. The predicted molar refractivity (Wildman–Crippen MR) is 81.7 cm³/mol. The minimum absolute atomic E-state index is 0.842. The van der Waals surface area contributed by atoms with Gasteiger partial charge in [0.15, 0.2) is 0 Å². The third-order valence-electron chi connectivity index (χ3n) is 4.17. The zero-order chi connectivity index (χ0) is 13.8. The van der Waals surface area contributed by atoms with Gasteiger partial charge in [-0.05, 0) is 44.4 Å². The third kappa shape index (κ3) is 3.27. The van der Waals surface area contributed by atoms with Crippen molar-refractivity contribution in [1.29, 1.82) is 0 Å². The van der Waals surface area contributed by atoms with Crippen molar-refractivity contribution in [2.75, 3.05) is 24.5 Å². The molecular formula is C16H27N3. The topological polar surface area (TPSA) is 28.2 Å². The number of hydrogen-bond acceptors (Lipinski definition) is 3. The molecule has 1 aliphatic heterocycles. The lowest BCUT2D eigenvalue weighted by molar-refractivity contribution is 0.568. The van der Waals surface area contributed by atoms with Gasteiger partial charge in [0.05, 0.1) is 0 Å². The van der Waals surface area contributed by atoms with E-state index in [1.54, 1.807) is 0 Å². The predicted octanol–water partition coefficient (Wildman–Crippen LogP) is 3.04. The Morgan fingerprint density at radius 2 is 2.16 bits per heavy atom. The van der Waals surface area contributed by atoms with E-state index in [2.05, 4.69) is 44.0 Å². The molecule has 0 aliphatic carbocycles. The lowest BCUT2D eigenvalue weighted by Gasteiger charge is -2.23. The van der Waals surface area contributed by atoms with Gasteiger partial charge < -0.3 is 10.2 Å². The number of aromatic nitrogens is 1. The van der Waals surface area contributed by atoms with E-state index < -0.39 is 0 Å². The molecule has 1 fully saturated rings. The summed E-state index contributed by atoms with van der Waals surface area (Å²) in [6, 6.07) is 2.20. The van der Waals surface area contributed by atoms with Crippen molar-refractivity contribution in [3.05, 3.63) is 22.9 Å². The van der Waals surface area contributed by atoms with E-state index >= 15 is 0 Å². The highest BCUT2D eigenvalue weighted by molar-refractivity contribution is 5.52. The van der Waals surface area contributed by atoms with E-state index in [-0.39, 0.29) is 0 Å². The van der Waals surface area contributed by atoms with Gasteiger partial charge in [-0.3, -0.25) is 0 Å². The molecule has 106 valence electrons. The van der Waals surface area contributed by atoms with Crippen LogP contribution in [0.1, 0.15) is 43.5 Å². The first-order chi connectivity index (χ1) is 9.15. The van der Waals surface area contributed by atoms with Crippen molar-refractivity contribution in [3.8, 4) is 0 Å². The van der Waals surface area contributed by atoms with Crippen molar-refractivity contribution in [2.45, 2.75) is 47.1 Å². The highest BCUT2D eigenvalue weighted by atomic mass is 15.2. The number of pyridine rings is 1. The molecule has 2 rings (SSSR count). The molecule has 0 spiro atoms. The standard InChI is InChI=1S/C16H27N3/c1-5-14-7-8-19(11-14)16-15(10-17-6-2)12(3)9-13(4)18-16/h9,14,17H,5-8,10-11H2,1-4H3. The maximum atomic E-state index is 4.82. The molecule has 0 amide bonds. The van der Waals surface area contributed by atoms with Gasteiger partial charge in [0.2, 0.25) is 0 Å². The molecular weight excluding hydrogens is 234 g/mol. The molecule has 1 aromatic rings. The second-order valence-corrected chi connectivity index (χ2v) is 5.67. The van der Waals surface area contributed by atoms with Gasteiger partial charge in [0.1, 0.15) is 5.82 Å². The fraction of sp³-hybridized carbons (Fsp3) is 0.688. The van der Waals surface area contributed by atoms with E-state index in [9.17, 15) is 0 Å². The fourth-order valence-electron chi connectivity index (χ4n) is 2.93. The van der Waals surface area contributed by atoms with Gasteiger partial charge in [-0.15, -0.1) is 0 Å². The van der Waals surface area contributed by atoms with Crippen LogP contribution in [0.15, 0.2) is 6.07 Å². The highest BCUT2D eigenvalue weighted by Crippen LogP contribution is 2.29. The Morgan fingerprint density at radius 1 is 1.37 bits per heavy atom. The second-order valence-electron chi connectivity index (χ2n) is 5.67. The van der Waals surface area contributed by atoms with Crippen LogP contribution in [0.2, 0.25) is 0 Å². The minimum Gasteiger partial charge on any atom is -0.356 e. The van der Waals surface area contributed by atoms with Gasteiger partial charge in [0.25, 0.3) is 0 Å². The molecule has 0 radical (unpaired) electrons. The van der Waals surface area contributed by atoms with Crippen molar-refractivity contribution in [2.24, 2.45) is 5.92 Å². The monoisotopic (exact) mass is 261 g/mol. The summed E-state index contributed by atoms with van der Waals surface area (Å²) < 4.78 is 0. The zero-order valence-electron chi connectivity index (χ0n) is 12.8. The molecule has 0 aromatic carbocycles. The molecule has 2 heterocycles. The van der Waals surface area contributed by atoms with Gasteiger partial charge >= 0.3 is 0 Å². The molecule has 1 saturated heterocycles. The van der Waals surface area contributed by atoms with Crippen LogP contribution in [0, 0.1) is 19.8 Å². The molecule has 1 N–H and O–H groups in total. The number of nitrogens with zero attached hydrogens (tertiary/aromatic N) is 2. The maximum absolute atomic E-state index is 4.82. The molecule has 0 saturated carbocycles. The molecule has 19 heavy (non-hydrogen) atoms. The van der Waals surface area contributed by atoms with Crippen LogP contribution in [0.3, 0.4) is 0 Å². The average molecular weight is 261 g/mol. The normalized spacial score (nSPS) is 19.2. The fourth-order valence-corrected chi connectivity index (χ4v) is 2.93. The van der Waals surface area contributed by atoms with E-state index in [1.165, 1.54) is 36.3 Å². The van der Waals surface area contributed by atoms with E-state index in [0.29, 0.717) is 0 Å². The van der Waals surface area contributed by atoms with E-state index in [0.717, 1.165) is 31.2 Å². The minimum atomic E-state index is 0.842. The Hall–Kier alpha value is -1.09. The lowest BCUT2D eigenvalue weighted by atomic mass is 10.1. The van der Waals surface area contributed by atoms with Crippen LogP contribution in [0.25, 0.3) is 0 Å². The molecule has 0 bridgehead atoms. The Balaban J connectivity index is 2.27. The quantitative estimate of drug-likeness (QED) is 0.883. The summed E-state index contributed by atoms with van der Waals surface area (Å²) in [7, 11) is 0. The van der Waals surface area contributed by atoms with Crippen LogP contribution < -0.4 is 10.2 Å². The van der Waals surface area contributed by atoms with Crippen molar-refractivity contribution < 1.29 is 0 Å². The summed E-state index contributed by atoms with van der Waals surface area (Å²) in [5, 5.41) is 3.45. The summed E-state index contributed by atoms with van der Waals surface area (Å²) in [5.74, 6) is 2.06. The third-order valence-corrected chi connectivity index (χ3v) is 4.17. The summed E-state index contributed by atoms with van der Waals surface area (Å²) in [5.41, 5.74) is 3.88. The van der Waals surface area contributed by atoms with Crippen LogP contribution in [0.4, 0.5) is 5.82 Å². The Bertz CT molecular complexity index is 428. The van der Waals surface area contributed by atoms with Crippen molar-refractivity contribution in [1.82, 2.24) is 10.3 Å². The lowest BCUT2D eigenvalue weighted by Crippen LogP contribution is -2.25. The van der Waals surface area contributed by atoms with Crippen LogP contribution in [-0.4, -0.2) is 24.6 Å². The van der Waals surface area contributed by atoms with E-state index in [4.69, 9.17) is 4.98 Å². The van der Waals surface area contributed by atoms with Crippen molar-refractivity contribution in [3.63, 3.8) is 0 Å². The SMILES string of the molecule is CCNCc1c(C)cc(C)nc1N1CCC(CC)C1. The smallest absolute Gasteiger partial charge is 0.133 e. The largest absolute Gasteiger partial charge is 0.356 e. The van der Waals surface area contributed by atoms with Crippen LogP contribution in [-0.2, 0) is 6.54 Å². The van der Waals surface area contributed by atoms with Gasteiger partial charge in [-0.1, -0.05) is 20.3 Å². The first kappa shape index (κ1) is 14.3. The van der Waals surface area contributed by atoms with Gasteiger partial charge in [0, 0.05) is 30.9 Å². The summed E-state index contributed by atoms with van der Waals surface area (Å²) >= 11 is 0. The molecule has 3 heteroatoms. The molecule has 1 aliphatic rings. The molecule has 1 atom stereocenters. The first-order valence-electron chi connectivity index (χ1n) is 7.58. The first-order valence-corrected chi connectivity index (χ1v) is 7.58. The summed E-state index contributed by atoms with van der Waals surface area (Å²) in [4.78, 5) is 7.31. The average Bonchev–Trinajstić information content (AvgIpc) is 2.85. The van der Waals surface area contributed by atoms with Crippen LogP contribution >= 0.6 is 0 Å².